The highest BCUT2D eigenvalue weighted by Crippen LogP contribution is 2.17. The predicted molar refractivity (Wildman–Crippen MR) is 85.1 cm³/mol. The van der Waals surface area contributed by atoms with Gasteiger partial charge < -0.3 is 13.7 Å². The van der Waals surface area contributed by atoms with Crippen LogP contribution in [0, 0.1) is 0 Å². The Kier molecular flexibility index (Phi) is 4.44. The topological polar surface area (TPSA) is 46.6 Å². The molecule has 0 aliphatic heterocycles. The molecule has 22 heavy (non-hydrogen) atoms. The monoisotopic (exact) mass is 359 g/mol. The molecular weight excluding hydrogens is 346 g/mol. The predicted octanol–water partition coefficient (Wildman–Crippen LogP) is 4.48. The van der Waals surface area contributed by atoms with Crippen LogP contribution in [0.4, 0.5) is 0 Å². The molecule has 0 radical (unpaired) electrons. The number of furan rings is 2. The number of rotatable bonds is 5. The van der Waals surface area contributed by atoms with Crippen LogP contribution in [0.25, 0.3) is 0 Å². The quantitative estimate of drug-likeness (QED) is 0.674. The third-order valence-corrected chi connectivity index (χ3v) is 3.71. The maximum atomic E-state index is 12.8. The van der Waals surface area contributed by atoms with Crippen molar-refractivity contribution in [2.24, 2.45) is 0 Å². The second kappa shape index (κ2) is 6.66. The summed E-state index contributed by atoms with van der Waals surface area (Å²) in [7, 11) is 0. The molecule has 0 saturated heterocycles. The van der Waals surface area contributed by atoms with Gasteiger partial charge in [-0.15, -0.1) is 0 Å². The van der Waals surface area contributed by atoms with Crippen molar-refractivity contribution >= 4 is 21.8 Å². The summed E-state index contributed by atoms with van der Waals surface area (Å²) in [4.78, 5) is 14.5. The van der Waals surface area contributed by atoms with Gasteiger partial charge in [-0.2, -0.15) is 0 Å². The fourth-order valence-electron chi connectivity index (χ4n) is 2.18. The summed E-state index contributed by atoms with van der Waals surface area (Å²) < 4.78 is 11.6. The van der Waals surface area contributed by atoms with Gasteiger partial charge in [-0.25, -0.2) is 0 Å². The standard InChI is InChI=1S/C17H14BrNO3/c18-14-5-1-4-13(10-14)17(20)19(11-15-6-2-8-21-15)12-16-7-3-9-22-16/h1-10H,11-12H2. The fraction of sp³-hybridized carbons (Fsp3) is 0.118. The van der Waals surface area contributed by atoms with Crippen LogP contribution in [-0.2, 0) is 13.1 Å². The first-order valence-corrected chi connectivity index (χ1v) is 7.61. The van der Waals surface area contributed by atoms with Crippen molar-refractivity contribution in [2.75, 3.05) is 0 Å². The number of nitrogens with zero attached hydrogens (tertiary/aromatic N) is 1. The molecule has 3 aromatic rings. The van der Waals surface area contributed by atoms with E-state index in [0.717, 1.165) is 16.0 Å². The summed E-state index contributed by atoms with van der Waals surface area (Å²) in [6.45, 7) is 0.776. The molecule has 5 heteroatoms. The first-order chi connectivity index (χ1) is 10.7. The first kappa shape index (κ1) is 14.7. The molecule has 0 N–H and O–H groups in total. The second-order valence-electron chi connectivity index (χ2n) is 4.83. The molecule has 0 spiro atoms. The molecule has 2 aromatic heterocycles. The Labute approximate surface area is 136 Å². The minimum Gasteiger partial charge on any atom is -0.467 e. The SMILES string of the molecule is O=C(c1cccc(Br)c1)N(Cc1ccco1)Cc1ccco1. The van der Waals surface area contributed by atoms with Crippen LogP contribution in [0.15, 0.2) is 74.4 Å². The van der Waals surface area contributed by atoms with E-state index in [-0.39, 0.29) is 5.91 Å². The minimum absolute atomic E-state index is 0.0749. The fourth-order valence-corrected chi connectivity index (χ4v) is 2.58. The lowest BCUT2D eigenvalue weighted by atomic mass is 10.2. The van der Waals surface area contributed by atoms with Crippen LogP contribution < -0.4 is 0 Å². The summed E-state index contributed by atoms with van der Waals surface area (Å²) in [6, 6.07) is 14.7. The number of hydrogen-bond donors (Lipinski definition) is 0. The molecule has 0 fully saturated rings. The van der Waals surface area contributed by atoms with Gasteiger partial charge in [-0.1, -0.05) is 22.0 Å². The molecule has 0 aliphatic rings. The Morgan fingerprint density at radius 1 is 0.955 bits per heavy atom. The summed E-state index contributed by atoms with van der Waals surface area (Å²) in [6.07, 6.45) is 3.20. The second-order valence-corrected chi connectivity index (χ2v) is 5.75. The zero-order chi connectivity index (χ0) is 15.4. The van der Waals surface area contributed by atoms with E-state index in [1.807, 2.05) is 36.4 Å². The van der Waals surface area contributed by atoms with Gasteiger partial charge in [0, 0.05) is 10.0 Å². The van der Waals surface area contributed by atoms with Gasteiger partial charge >= 0.3 is 0 Å². The summed E-state index contributed by atoms with van der Waals surface area (Å²) in [5, 5.41) is 0. The summed E-state index contributed by atoms with van der Waals surface area (Å²) >= 11 is 3.39. The molecule has 0 atom stereocenters. The summed E-state index contributed by atoms with van der Waals surface area (Å²) in [5.41, 5.74) is 0.618. The van der Waals surface area contributed by atoms with Gasteiger partial charge in [-0.05, 0) is 42.5 Å². The van der Waals surface area contributed by atoms with Gasteiger partial charge in [0.2, 0.25) is 0 Å². The molecule has 112 valence electrons. The largest absolute Gasteiger partial charge is 0.467 e. The molecule has 1 amide bonds. The van der Waals surface area contributed by atoms with E-state index in [4.69, 9.17) is 8.83 Å². The Balaban J connectivity index is 1.85. The maximum absolute atomic E-state index is 12.8. The molecule has 0 unspecified atom stereocenters. The van der Waals surface area contributed by atoms with Gasteiger partial charge in [0.25, 0.3) is 5.91 Å². The van der Waals surface area contributed by atoms with Crippen molar-refractivity contribution in [3.63, 3.8) is 0 Å². The molecule has 3 rings (SSSR count). The minimum atomic E-state index is -0.0749. The molecule has 0 bridgehead atoms. The molecule has 0 aliphatic carbocycles. The average Bonchev–Trinajstić information content (AvgIpc) is 3.19. The number of benzene rings is 1. The molecular formula is C17H14BrNO3. The number of hydrogen-bond acceptors (Lipinski definition) is 3. The van der Waals surface area contributed by atoms with E-state index in [9.17, 15) is 4.79 Å². The van der Waals surface area contributed by atoms with Crippen molar-refractivity contribution in [1.82, 2.24) is 4.90 Å². The van der Waals surface area contributed by atoms with Crippen LogP contribution in [0.1, 0.15) is 21.9 Å². The van der Waals surface area contributed by atoms with Crippen molar-refractivity contribution < 1.29 is 13.6 Å². The van der Waals surface area contributed by atoms with Crippen molar-refractivity contribution in [1.29, 1.82) is 0 Å². The Hall–Kier alpha value is -2.27. The normalized spacial score (nSPS) is 10.6. The van der Waals surface area contributed by atoms with E-state index < -0.39 is 0 Å². The zero-order valence-electron chi connectivity index (χ0n) is 11.7. The van der Waals surface area contributed by atoms with E-state index in [1.165, 1.54) is 0 Å². The molecule has 0 saturated carbocycles. The smallest absolute Gasteiger partial charge is 0.254 e. The van der Waals surface area contributed by atoms with Gasteiger partial charge in [-0.3, -0.25) is 4.79 Å². The van der Waals surface area contributed by atoms with Crippen LogP contribution >= 0.6 is 15.9 Å². The lowest BCUT2D eigenvalue weighted by molar-refractivity contribution is 0.0705. The van der Waals surface area contributed by atoms with Crippen molar-refractivity contribution in [3.05, 3.63) is 82.6 Å². The number of carbonyl (C=O) groups is 1. The van der Waals surface area contributed by atoms with E-state index in [2.05, 4.69) is 15.9 Å². The Morgan fingerprint density at radius 2 is 1.59 bits per heavy atom. The Morgan fingerprint density at radius 3 is 2.09 bits per heavy atom. The number of carbonyl (C=O) groups excluding carboxylic acids is 1. The van der Waals surface area contributed by atoms with Crippen LogP contribution in [0.5, 0.6) is 0 Å². The third kappa shape index (κ3) is 3.49. The maximum Gasteiger partial charge on any atom is 0.254 e. The lowest BCUT2D eigenvalue weighted by Gasteiger charge is -2.20. The number of amides is 1. The van der Waals surface area contributed by atoms with Gasteiger partial charge in [0.05, 0.1) is 25.6 Å². The van der Waals surface area contributed by atoms with Crippen LogP contribution in [0.2, 0.25) is 0 Å². The van der Waals surface area contributed by atoms with E-state index >= 15 is 0 Å². The van der Waals surface area contributed by atoms with Crippen LogP contribution in [-0.4, -0.2) is 10.8 Å². The highest BCUT2D eigenvalue weighted by molar-refractivity contribution is 9.10. The average molecular weight is 360 g/mol. The first-order valence-electron chi connectivity index (χ1n) is 6.82. The van der Waals surface area contributed by atoms with Crippen LogP contribution in [0.3, 0.4) is 0 Å². The molecule has 2 heterocycles. The van der Waals surface area contributed by atoms with Gasteiger partial charge in [0.1, 0.15) is 11.5 Å². The highest BCUT2D eigenvalue weighted by Gasteiger charge is 2.19. The summed E-state index contributed by atoms with van der Waals surface area (Å²) in [5.74, 6) is 1.39. The van der Waals surface area contributed by atoms with E-state index in [1.54, 1.807) is 29.6 Å². The Bertz CT molecular complexity index is 699. The molecule has 4 nitrogen and oxygen atoms in total. The highest BCUT2D eigenvalue weighted by atomic mass is 79.9. The van der Waals surface area contributed by atoms with Gasteiger partial charge in [0.15, 0.2) is 0 Å². The van der Waals surface area contributed by atoms with Crippen molar-refractivity contribution in [2.45, 2.75) is 13.1 Å². The zero-order valence-corrected chi connectivity index (χ0v) is 13.3. The molecule has 1 aromatic carbocycles. The number of halogens is 1. The van der Waals surface area contributed by atoms with Crippen molar-refractivity contribution in [3.8, 4) is 0 Å². The van der Waals surface area contributed by atoms with E-state index in [0.29, 0.717) is 18.7 Å². The third-order valence-electron chi connectivity index (χ3n) is 3.21. The lowest BCUT2D eigenvalue weighted by Crippen LogP contribution is -2.29.